The number of hydrogen-bond donors (Lipinski definition) is 2. The van der Waals surface area contributed by atoms with E-state index in [4.69, 9.17) is 11.6 Å². The topological polar surface area (TPSA) is 95.6 Å². The highest BCUT2D eigenvalue weighted by molar-refractivity contribution is 6.30. The van der Waals surface area contributed by atoms with Crippen molar-refractivity contribution >= 4 is 35.2 Å². The van der Waals surface area contributed by atoms with E-state index in [1.165, 1.54) is 29.2 Å². The molecule has 1 atom stereocenters. The number of imide groups is 1. The SMILES string of the molecule is O=C1CCC(N2Cc3c(ccc(CNC(=O)C(F)(F)c4ccc(Cl)cc4)c3F)C2=O)C(=O)N1. The van der Waals surface area contributed by atoms with Crippen molar-refractivity contribution in [3.63, 3.8) is 0 Å². The van der Waals surface area contributed by atoms with Crippen molar-refractivity contribution in [2.24, 2.45) is 0 Å². The third-order valence-electron chi connectivity index (χ3n) is 5.66. The Balaban J connectivity index is 1.48. The minimum atomic E-state index is -3.86. The van der Waals surface area contributed by atoms with Crippen LogP contribution in [0.4, 0.5) is 13.2 Å². The molecule has 0 aliphatic carbocycles. The van der Waals surface area contributed by atoms with Gasteiger partial charge in [-0.3, -0.25) is 24.5 Å². The largest absolute Gasteiger partial charge is 0.349 e. The standard InChI is InChI=1S/C22H17ClF3N3O4/c23-13-4-2-12(3-5-13)22(25,26)21(33)27-9-11-1-6-14-15(18(11)24)10-29(20(14)32)16-7-8-17(30)28-19(16)31/h1-6,16H,7-10H2,(H,27,33)(H,28,30,31). The Hall–Kier alpha value is -3.40. The highest BCUT2D eigenvalue weighted by atomic mass is 35.5. The summed E-state index contributed by atoms with van der Waals surface area (Å²) in [5.41, 5.74) is -0.615. The number of alkyl halides is 2. The first kappa shape index (κ1) is 22.8. The molecule has 2 aromatic rings. The molecule has 11 heteroatoms. The Labute approximate surface area is 190 Å². The number of carbonyl (C=O) groups is 4. The molecular formula is C22H17ClF3N3O4. The van der Waals surface area contributed by atoms with Gasteiger partial charge in [0, 0.05) is 40.2 Å². The van der Waals surface area contributed by atoms with Gasteiger partial charge in [-0.1, -0.05) is 29.8 Å². The first-order valence-corrected chi connectivity index (χ1v) is 10.3. The van der Waals surface area contributed by atoms with E-state index in [2.05, 4.69) is 5.32 Å². The van der Waals surface area contributed by atoms with E-state index in [1.54, 1.807) is 0 Å². The van der Waals surface area contributed by atoms with Crippen molar-refractivity contribution in [2.75, 3.05) is 0 Å². The van der Waals surface area contributed by atoms with Crippen LogP contribution >= 0.6 is 11.6 Å². The molecule has 0 bridgehead atoms. The number of benzene rings is 2. The molecule has 0 aromatic heterocycles. The van der Waals surface area contributed by atoms with Crippen LogP contribution < -0.4 is 10.6 Å². The van der Waals surface area contributed by atoms with Crippen LogP contribution in [0.5, 0.6) is 0 Å². The van der Waals surface area contributed by atoms with Gasteiger partial charge in [-0.25, -0.2) is 4.39 Å². The number of halogens is 4. The number of hydrogen-bond acceptors (Lipinski definition) is 4. The molecule has 4 amide bonds. The minimum absolute atomic E-state index is 0.000843. The van der Waals surface area contributed by atoms with Gasteiger partial charge in [0.05, 0.1) is 6.54 Å². The van der Waals surface area contributed by atoms with Gasteiger partial charge in [0.25, 0.3) is 11.8 Å². The molecule has 0 spiro atoms. The number of nitrogens with one attached hydrogen (secondary N) is 2. The molecule has 1 saturated heterocycles. The molecule has 2 aliphatic heterocycles. The van der Waals surface area contributed by atoms with Gasteiger partial charge in [0.1, 0.15) is 11.9 Å². The molecule has 0 saturated carbocycles. The Bertz CT molecular complexity index is 1170. The molecule has 7 nitrogen and oxygen atoms in total. The monoisotopic (exact) mass is 479 g/mol. The van der Waals surface area contributed by atoms with Crippen LogP contribution in [0.2, 0.25) is 5.02 Å². The summed E-state index contributed by atoms with van der Waals surface area (Å²) in [6.45, 7) is -0.747. The molecule has 2 aliphatic rings. The number of piperidine rings is 1. The molecule has 2 N–H and O–H groups in total. The summed E-state index contributed by atoms with van der Waals surface area (Å²) in [6, 6.07) is 6.13. The van der Waals surface area contributed by atoms with Crippen LogP contribution in [0.25, 0.3) is 0 Å². The lowest BCUT2D eigenvalue weighted by Gasteiger charge is -2.29. The Morgan fingerprint density at radius 3 is 2.52 bits per heavy atom. The molecule has 1 fully saturated rings. The van der Waals surface area contributed by atoms with Crippen LogP contribution in [-0.4, -0.2) is 34.6 Å². The van der Waals surface area contributed by atoms with E-state index in [1.807, 2.05) is 5.32 Å². The Morgan fingerprint density at radius 2 is 1.85 bits per heavy atom. The number of nitrogens with zero attached hydrogens (tertiary/aromatic N) is 1. The summed E-state index contributed by atoms with van der Waals surface area (Å²) in [6.07, 6.45) is 0.173. The zero-order valence-corrected chi connectivity index (χ0v) is 17.7. The van der Waals surface area contributed by atoms with E-state index in [0.29, 0.717) is 0 Å². The quantitative estimate of drug-likeness (QED) is 0.644. The van der Waals surface area contributed by atoms with E-state index < -0.39 is 53.5 Å². The first-order chi connectivity index (χ1) is 15.6. The molecular weight excluding hydrogens is 463 g/mol. The smallest absolute Gasteiger partial charge is 0.346 e. The summed E-state index contributed by atoms with van der Waals surface area (Å²) in [4.78, 5) is 49.4. The van der Waals surface area contributed by atoms with E-state index in [0.717, 1.165) is 12.1 Å². The number of rotatable bonds is 5. The lowest BCUT2D eigenvalue weighted by molar-refractivity contribution is -0.147. The van der Waals surface area contributed by atoms with Gasteiger partial charge in [0.15, 0.2) is 0 Å². The maximum Gasteiger partial charge on any atom is 0.349 e. The summed E-state index contributed by atoms with van der Waals surface area (Å²) >= 11 is 5.68. The van der Waals surface area contributed by atoms with Gasteiger partial charge < -0.3 is 10.2 Å². The van der Waals surface area contributed by atoms with E-state index >= 15 is 4.39 Å². The van der Waals surface area contributed by atoms with Gasteiger partial charge in [-0.05, 0) is 24.6 Å². The van der Waals surface area contributed by atoms with Crippen molar-refractivity contribution in [1.29, 1.82) is 0 Å². The van der Waals surface area contributed by atoms with E-state index in [-0.39, 0.29) is 41.1 Å². The fourth-order valence-corrected chi connectivity index (χ4v) is 3.99. The molecule has 33 heavy (non-hydrogen) atoms. The van der Waals surface area contributed by atoms with Gasteiger partial charge >= 0.3 is 5.92 Å². The average molecular weight is 480 g/mol. The normalized spacial score (nSPS) is 18.2. The van der Waals surface area contributed by atoms with Crippen LogP contribution in [-0.2, 0) is 33.4 Å². The van der Waals surface area contributed by atoms with Crippen molar-refractivity contribution in [3.8, 4) is 0 Å². The Morgan fingerprint density at radius 1 is 1.15 bits per heavy atom. The second-order valence-corrected chi connectivity index (χ2v) is 8.17. The summed E-state index contributed by atoms with van der Waals surface area (Å²) in [7, 11) is 0. The summed E-state index contributed by atoms with van der Waals surface area (Å²) in [5.74, 6) is -7.96. The first-order valence-electron chi connectivity index (χ1n) is 9.96. The second-order valence-electron chi connectivity index (χ2n) is 7.73. The molecule has 2 heterocycles. The van der Waals surface area contributed by atoms with Crippen molar-refractivity contribution in [2.45, 2.75) is 37.9 Å². The predicted octanol–water partition coefficient (Wildman–Crippen LogP) is 2.65. The number of carbonyl (C=O) groups excluding carboxylic acids is 4. The van der Waals surface area contributed by atoms with Gasteiger partial charge in [0.2, 0.25) is 11.8 Å². The predicted molar refractivity (Wildman–Crippen MR) is 110 cm³/mol. The maximum atomic E-state index is 15.1. The van der Waals surface area contributed by atoms with Crippen LogP contribution in [0.15, 0.2) is 36.4 Å². The molecule has 1 unspecified atom stereocenters. The molecule has 4 rings (SSSR count). The molecule has 2 aromatic carbocycles. The summed E-state index contributed by atoms with van der Waals surface area (Å²) < 4.78 is 43.9. The van der Waals surface area contributed by atoms with Crippen LogP contribution in [0, 0.1) is 5.82 Å². The van der Waals surface area contributed by atoms with Crippen LogP contribution in [0.3, 0.4) is 0 Å². The maximum absolute atomic E-state index is 15.1. The highest BCUT2D eigenvalue weighted by Crippen LogP contribution is 2.32. The highest BCUT2D eigenvalue weighted by Gasteiger charge is 2.42. The van der Waals surface area contributed by atoms with E-state index in [9.17, 15) is 28.0 Å². The zero-order chi connectivity index (χ0) is 23.9. The van der Waals surface area contributed by atoms with Gasteiger partial charge in [-0.15, -0.1) is 0 Å². The Kier molecular flexibility index (Phi) is 5.87. The minimum Gasteiger partial charge on any atom is -0.346 e. The van der Waals surface area contributed by atoms with Crippen molar-refractivity contribution in [3.05, 3.63) is 69.5 Å². The zero-order valence-electron chi connectivity index (χ0n) is 17.0. The van der Waals surface area contributed by atoms with Crippen LogP contribution in [0.1, 0.15) is 39.9 Å². The molecule has 0 radical (unpaired) electrons. The number of fused-ring (bicyclic) bond motifs is 1. The van der Waals surface area contributed by atoms with Crippen molar-refractivity contribution < 1.29 is 32.3 Å². The lowest BCUT2D eigenvalue weighted by Crippen LogP contribution is -2.52. The molecule has 172 valence electrons. The number of amides is 4. The lowest BCUT2D eigenvalue weighted by atomic mass is 10.0. The fourth-order valence-electron chi connectivity index (χ4n) is 3.87. The second kappa shape index (κ2) is 8.51. The van der Waals surface area contributed by atoms with Crippen molar-refractivity contribution in [1.82, 2.24) is 15.5 Å². The summed E-state index contributed by atoms with van der Waals surface area (Å²) in [5, 5.41) is 4.40. The van der Waals surface area contributed by atoms with Gasteiger partial charge in [-0.2, -0.15) is 8.78 Å². The average Bonchev–Trinajstić information content (AvgIpc) is 3.10. The fraction of sp³-hybridized carbons (Fsp3) is 0.273. The third-order valence-corrected chi connectivity index (χ3v) is 5.91. The third kappa shape index (κ3) is 4.18.